The zero-order valence-electron chi connectivity index (χ0n) is 16.1. The number of aromatic nitrogens is 1. The molecule has 0 unspecified atom stereocenters. The number of amides is 2. The quantitative estimate of drug-likeness (QED) is 0.277. The van der Waals surface area contributed by atoms with Crippen molar-refractivity contribution in [2.75, 3.05) is 0 Å². The molecule has 2 amide bonds. The Hall–Kier alpha value is -4.32. The molecule has 148 valence electrons. The highest BCUT2D eigenvalue weighted by atomic mass is 16.2. The SMILES string of the molecule is O=C(NN=Cc1ccccn1)C(=CC=Cc1ccccc1)NC(=O)c1ccccc1. The van der Waals surface area contributed by atoms with Gasteiger partial charge in [0.15, 0.2) is 0 Å². The second-order valence-corrected chi connectivity index (χ2v) is 6.12. The number of carbonyl (C=O) groups excluding carboxylic acids is 2. The summed E-state index contributed by atoms with van der Waals surface area (Å²) in [7, 11) is 0. The first-order valence-corrected chi connectivity index (χ1v) is 9.26. The highest BCUT2D eigenvalue weighted by Crippen LogP contribution is 2.04. The minimum atomic E-state index is -0.552. The standard InChI is InChI=1S/C24H20N4O2/c29-23(20-13-5-2-6-14-20)27-22(16-9-12-19-10-3-1-4-11-19)24(30)28-26-18-21-15-7-8-17-25-21/h1-18H,(H,27,29)(H,28,30). The summed E-state index contributed by atoms with van der Waals surface area (Å²) in [5, 5.41) is 6.54. The molecule has 0 bridgehead atoms. The fraction of sp³-hybridized carbons (Fsp3) is 0. The summed E-state index contributed by atoms with van der Waals surface area (Å²) in [6.45, 7) is 0. The molecule has 3 aromatic rings. The van der Waals surface area contributed by atoms with Crippen LogP contribution in [0.3, 0.4) is 0 Å². The van der Waals surface area contributed by atoms with Crippen molar-refractivity contribution in [2.24, 2.45) is 5.10 Å². The first-order chi connectivity index (χ1) is 14.7. The van der Waals surface area contributed by atoms with Gasteiger partial charge in [0.05, 0.1) is 11.9 Å². The molecule has 6 heteroatoms. The summed E-state index contributed by atoms with van der Waals surface area (Å²) in [6.07, 6.45) is 8.11. The van der Waals surface area contributed by atoms with E-state index in [0.29, 0.717) is 11.3 Å². The number of nitrogens with one attached hydrogen (secondary N) is 2. The Morgan fingerprint density at radius 2 is 1.57 bits per heavy atom. The van der Waals surface area contributed by atoms with Crippen molar-refractivity contribution >= 4 is 24.1 Å². The maximum absolute atomic E-state index is 12.6. The Morgan fingerprint density at radius 3 is 2.27 bits per heavy atom. The largest absolute Gasteiger partial charge is 0.317 e. The average Bonchev–Trinajstić information content (AvgIpc) is 2.80. The van der Waals surface area contributed by atoms with E-state index in [2.05, 4.69) is 20.8 Å². The maximum Gasteiger partial charge on any atom is 0.287 e. The molecule has 1 heterocycles. The molecule has 0 aliphatic carbocycles. The van der Waals surface area contributed by atoms with Gasteiger partial charge in [-0.2, -0.15) is 5.10 Å². The summed E-state index contributed by atoms with van der Waals surface area (Å²) < 4.78 is 0. The third-order valence-electron chi connectivity index (χ3n) is 3.93. The number of pyridine rings is 1. The number of hydrogen-bond acceptors (Lipinski definition) is 4. The van der Waals surface area contributed by atoms with Crippen LogP contribution in [0.2, 0.25) is 0 Å². The molecular formula is C24H20N4O2. The lowest BCUT2D eigenvalue weighted by Crippen LogP contribution is -2.32. The van der Waals surface area contributed by atoms with Gasteiger partial charge in [-0.15, -0.1) is 0 Å². The Kier molecular flexibility index (Phi) is 7.40. The van der Waals surface area contributed by atoms with Crippen molar-refractivity contribution in [3.8, 4) is 0 Å². The minimum absolute atomic E-state index is 0.0641. The first-order valence-electron chi connectivity index (χ1n) is 9.26. The van der Waals surface area contributed by atoms with Crippen LogP contribution >= 0.6 is 0 Å². The Balaban J connectivity index is 1.74. The monoisotopic (exact) mass is 396 g/mol. The van der Waals surface area contributed by atoms with Gasteiger partial charge >= 0.3 is 0 Å². The van der Waals surface area contributed by atoms with Crippen molar-refractivity contribution in [1.82, 2.24) is 15.7 Å². The van der Waals surface area contributed by atoms with Gasteiger partial charge in [0.25, 0.3) is 11.8 Å². The van der Waals surface area contributed by atoms with E-state index < -0.39 is 5.91 Å². The number of rotatable bonds is 7. The lowest BCUT2D eigenvalue weighted by Gasteiger charge is -2.08. The lowest BCUT2D eigenvalue weighted by molar-refractivity contribution is -0.117. The van der Waals surface area contributed by atoms with Crippen LogP contribution in [0.15, 0.2) is 108 Å². The van der Waals surface area contributed by atoms with Crippen LogP contribution in [-0.2, 0) is 4.79 Å². The lowest BCUT2D eigenvalue weighted by atomic mass is 10.2. The van der Waals surface area contributed by atoms with Crippen molar-refractivity contribution in [3.63, 3.8) is 0 Å². The van der Waals surface area contributed by atoms with Gasteiger partial charge in [-0.1, -0.05) is 66.7 Å². The molecule has 0 saturated heterocycles. The number of hydrazone groups is 1. The van der Waals surface area contributed by atoms with E-state index in [1.807, 2.05) is 48.5 Å². The Bertz CT molecular complexity index is 1060. The summed E-state index contributed by atoms with van der Waals surface area (Å²) in [5.74, 6) is -0.942. The minimum Gasteiger partial charge on any atom is -0.317 e. The average molecular weight is 396 g/mol. The van der Waals surface area contributed by atoms with Crippen LogP contribution in [0, 0.1) is 0 Å². The number of allylic oxidation sites excluding steroid dienone is 2. The Labute approximate surface area is 174 Å². The van der Waals surface area contributed by atoms with Gasteiger partial charge < -0.3 is 5.32 Å². The molecule has 0 fully saturated rings. The van der Waals surface area contributed by atoms with Crippen LogP contribution in [0.4, 0.5) is 0 Å². The first kappa shape index (κ1) is 20.4. The zero-order valence-corrected chi connectivity index (χ0v) is 16.1. The van der Waals surface area contributed by atoms with E-state index in [0.717, 1.165) is 5.56 Å². The molecule has 0 spiro atoms. The highest BCUT2D eigenvalue weighted by Gasteiger charge is 2.13. The summed E-state index contributed by atoms with van der Waals surface area (Å²) in [5.41, 5.74) is 4.49. The van der Waals surface area contributed by atoms with Crippen molar-refractivity contribution in [2.45, 2.75) is 0 Å². The number of nitrogens with zero attached hydrogens (tertiary/aromatic N) is 2. The zero-order chi connectivity index (χ0) is 21.0. The maximum atomic E-state index is 12.6. The van der Waals surface area contributed by atoms with Gasteiger partial charge in [0, 0.05) is 11.8 Å². The third-order valence-corrected chi connectivity index (χ3v) is 3.93. The van der Waals surface area contributed by atoms with Crippen LogP contribution in [-0.4, -0.2) is 23.0 Å². The molecule has 1 aromatic heterocycles. The van der Waals surface area contributed by atoms with Gasteiger partial charge in [0.2, 0.25) is 0 Å². The second kappa shape index (κ2) is 10.9. The van der Waals surface area contributed by atoms with E-state index >= 15 is 0 Å². The predicted molar refractivity (Wildman–Crippen MR) is 117 cm³/mol. The number of hydrogen-bond donors (Lipinski definition) is 2. The van der Waals surface area contributed by atoms with Gasteiger partial charge in [-0.3, -0.25) is 14.6 Å². The summed E-state index contributed by atoms with van der Waals surface area (Å²) in [6, 6.07) is 23.6. The van der Waals surface area contributed by atoms with E-state index in [4.69, 9.17) is 0 Å². The smallest absolute Gasteiger partial charge is 0.287 e. The van der Waals surface area contributed by atoms with Crippen LogP contribution in [0.25, 0.3) is 6.08 Å². The normalized spacial score (nSPS) is 11.5. The molecule has 6 nitrogen and oxygen atoms in total. The fourth-order valence-corrected chi connectivity index (χ4v) is 2.45. The van der Waals surface area contributed by atoms with Crippen molar-refractivity contribution in [1.29, 1.82) is 0 Å². The molecule has 0 aliphatic rings. The molecule has 2 aromatic carbocycles. The fourth-order valence-electron chi connectivity index (χ4n) is 2.45. The Morgan fingerprint density at radius 1 is 0.867 bits per heavy atom. The summed E-state index contributed by atoms with van der Waals surface area (Å²) in [4.78, 5) is 29.2. The van der Waals surface area contributed by atoms with Gasteiger partial charge in [-0.05, 0) is 35.9 Å². The highest BCUT2D eigenvalue weighted by molar-refractivity contribution is 6.03. The molecule has 0 radical (unpaired) electrons. The molecule has 0 aliphatic heterocycles. The molecule has 0 saturated carbocycles. The van der Waals surface area contributed by atoms with E-state index in [-0.39, 0.29) is 11.6 Å². The molecular weight excluding hydrogens is 376 g/mol. The molecule has 3 rings (SSSR count). The van der Waals surface area contributed by atoms with Crippen molar-refractivity contribution in [3.05, 3.63) is 120 Å². The van der Waals surface area contributed by atoms with Crippen LogP contribution in [0.1, 0.15) is 21.6 Å². The van der Waals surface area contributed by atoms with E-state index in [1.54, 1.807) is 48.7 Å². The summed E-state index contributed by atoms with van der Waals surface area (Å²) >= 11 is 0. The predicted octanol–water partition coefficient (Wildman–Crippen LogP) is 3.56. The van der Waals surface area contributed by atoms with Crippen LogP contribution < -0.4 is 10.7 Å². The van der Waals surface area contributed by atoms with Crippen molar-refractivity contribution < 1.29 is 9.59 Å². The van der Waals surface area contributed by atoms with Crippen LogP contribution in [0.5, 0.6) is 0 Å². The number of benzene rings is 2. The third kappa shape index (κ3) is 6.38. The van der Waals surface area contributed by atoms with E-state index in [9.17, 15) is 9.59 Å². The van der Waals surface area contributed by atoms with E-state index in [1.165, 1.54) is 12.3 Å². The topological polar surface area (TPSA) is 83.4 Å². The molecule has 2 N–H and O–H groups in total. The van der Waals surface area contributed by atoms with Gasteiger partial charge in [0.1, 0.15) is 5.70 Å². The van der Waals surface area contributed by atoms with Gasteiger partial charge in [-0.25, -0.2) is 5.43 Å². The number of carbonyl (C=O) groups is 2. The molecule has 30 heavy (non-hydrogen) atoms. The molecule has 0 atom stereocenters. The second-order valence-electron chi connectivity index (χ2n) is 6.12.